The van der Waals surface area contributed by atoms with Crippen LogP contribution in [-0.4, -0.2) is 48.4 Å². The zero-order valence-corrected chi connectivity index (χ0v) is 15.1. The molecule has 0 bridgehead atoms. The Labute approximate surface area is 154 Å². The summed E-state index contributed by atoms with van der Waals surface area (Å²) in [6.45, 7) is 5.34. The van der Waals surface area contributed by atoms with Crippen molar-refractivity contribution in [3.8, 4) is 0 Å². The van der Waals surface area contributed by atoms with Gasteiger partial charge in [0.2, 0.25) is 5.91 Å². The Morgan fingerprint density at radius 1 is 0.960 bits per heavy atom. The minimum absolute atomic E-state index is 0.159. The Morgan fingerprint density at radius 3 is 2.36 bits per heavy atom. The molecule has 2 aromatic carbocycles. The van der Waals surface area contributed by atoms with Crippen LogP contribution < -0.4 is 5.32 Å². The first-order chi connectivity index (χ1) is 12.2. The van der Waals surface area contributed by atoms with Gasteiger partial charge in [-0.25, -0.2) is 0 Å². The highest BCUT2D eigenvalue weighted by Gasteiger charge is 2.20. The van der Waals surface area contributed by atoms with Crippen LogP contribution in [-0.2, 0) is 17.9 Å². The molecule has 0 atom stereocenters. The van der Waals surface area contributed by atoms with Gasteiger partial charge in [0.15, 0.2) is 0 Å². The molecule has 4 nitrogen and oxygen atoms in total. The van der Waals surface area contributed by atoms with Gasteiger partial charge in [-0.3, -0.25) is 9.69 Å². The molecule has 0 spiro atoms. The van der Waals surface area contributed by atoms with E-state index in [0.29, 0.717) is 13.1 Å². The largest absolute Gasteiger partial charge is 0.339 e. The topological polar surface area (TPSA) is 35.6 Å². The monoisotopic (exact) mass is 357 g/mol. The van der Waals surface area contributed by atoms with Crippen LogP contribution in [0.1, 0.15) is 11.1 Å². The van der Waals surface area contributed by atoms with Gasteiger partial charge >= 0.3 is 0 Å². The van der Waals surface area contributed by atoms with E-state index in [1.54, 1.807) is 0 Å². The van der Waals surface area contributed by atoms with Crippen LogP contribution >= 0.6 is 11.6 Å². The molecule has 1 aliphatic rings. The number of hydrogen-bond acceptors (Lipinski definition) is 3. The fourth-order valence-electron chi connectivity index (χ4n) is 3.05. The lowest BCUT2D eigenvalue weighted by molar-refractivity contribution is -0.132. The van der Waals surface area contributed by atoms with Crippen LogP contribution in [0.4, 0.5) is 0 Å². The maximum atomic E-state index is 12.4. The Kier molecular flexibility index (Phi) is 6.45. The average molecular weight is 358 g/mol. The summed E-state index contributed by atoms with van der Waals surface area (Å²) >= 11 is 6.13. The van der Waals surface area contributed by atoms with Crippen molar-refractivity contribution in [2.75, 3.05) is 32.7 Å². The molecule has 1 amide bonds. The molecule has 0 saturated carbocycles. The average Bonchev–Trinajstić information content (AvgIpc) is 2.65. The summed E-state index contributed by atoms with van der Waals surface area (Å²) in [6.07, 6.45) is 0. The molecule has 132 valence electrons. The van der Waals surface area contributed by atoms with Gasteiger partial charge in [0.1, 0.15) is 0 Å². The summed E-state index contributed by atoms with van der Waals surface area (Å²) in [4.78, 5) is 16.7. The zero-order valence-electron chi connectivity index (χ0n) is 14.3. The smallest absolute Gasteiger partial charge is 0.236 e. The van der Waals surface area contributed by atoms with Crippen LogP contribution in [0.25, 0.3) is 0 Å². The van der Waals surface area contributed by atoms with E-state index >= 15 is 0 Å². The van der Waals surface area contributed by atoms with Gasteiger partial charge < -0.3 is 10.2 Å². The molecule has 2 aromatic rings. The fraction of sp³-hybridized carbons (Fsp3) is 0.350. The van der Waals surface area contributed by atoms with Crippen molar-refractivity contribution in [3.05, 3.63) is 70.7 Å². The summed E-state index contributed by atoms with van der Waals surface area (Å²) in [7, 11) is 0. The number of nitrogens with zero attached hydrogens (tertiary/aromatic N) is 2. The Bertz CT molecular complexity index is 684. The second-order valence-corrected chi connectivity index (χ2v) is 6.74. The number of hydrogen-bond donors (Lipinski definition) is 1. The number of carbonyl (C=O) groups excluding carboxylic acids is 1. The molecule has 0 unspecified atom stereocenters. The van der Waals surface area contributed by atoms with E-state index in [0.717, 1.165) is 43.3 Å². The molecule has 0 radical (unpaired) electrons. The minimum atomic E-state index is 0.159. The summed E-state index contributed by atoms with van der Waals surface area (Å²) in [6, 6.07) is 18.2. The van der Waals surface area contributed by atoms with Crippen molar-refractivity contribution < 1.29 is 4.79 Å². The Morgan fingerprint density at radius 2 is 1.64 bits per heavy atom. The van der Waals surface area contributed by atoms with Gasteiger partial charge in [-0.05, 0) is 17.2 Å². The van der Waals surface area contributed by atoms with Gasteiger partial charge in [-0.15, -0.1) is 0 Å². The molecule has 1 fully saturated rings. The van der Waals surface area contributed by atoms with Crippen molar-refractivity contribution in [2.24, 2.45) is 0 Å². The van der Waals surface area contributed by atoms with Crippen LogP contribution in [0.2, 0.25) is 5.02 Å². The zero-order chi connectivity index (χ0) is 17.5. The predicted molar refractivity (Wildman–Crippen MR) is 101 cm³/mol. The van der Waals surface area contributed by atoms with Crippen LogP contribution in [0, 0.1) is 0 Å². The van der Waals surface area contributed by atoms with Gasteiger partial charge in [-0.1, -0.05) is 60.1 Å². The summed E-state index contributed by atoms with van der Waals surface area (Å²) in [5.41, 5.74) is 2.34. The van der Waals surface area contributed by atoms with Crippen molar-refractivity contribution in [3.63, 3.8) is 0 Å². The number of rotatable bonds is 6. The lowest BCUT2D eigenvalue weighted by Crippen LogP contribution is -2.50. The molecule has 1 N–H and O–H groups in total. The number of benzene rings is 2. The minimum Gasteiger partial charge on any atom is -0.339 e. The highest BCUT2D eigenvalue weighted by Crippen LogP contribution is 2.14. The number of halogens is 1. The van der Waals surface area contributed by atoms with Crippen LogP contribution in [0.3, 0.4) is 0 Å². The van der Waals surface area contributed by atoms with Crippen molar-refractivity contribution >= 4 is 17.5 Å². The summed E-state index contributed by atoms with van der Waals surface area (Å²) in [5.74, 6) is 0.159. The summed E-state index contributed by atoms with van der Waals surface area (Å²) in [5, 5.41) is 3.93. The highest BCUT2D eigenvalue weighted by molar-refractivity contribution is 6.31. The van der Waals surface area contributed by atoms with Gasteiger partial charge in [0, 0.05) is 44.3 Å². The van der Waals surface area contributed by atoms with E-state index in [2.05, 4.69) is 34.5 Å². The molecule has 1 aliphatic heterocycles. The summed E-state index contributed by atoms with van der Waals surface area (Å²) < 4.78 is 0. The molecular weight excluding hydrogens is 334 g/mol. The lowest BCUT2D eigenvalue weighted by Gasteiger charge is -2.34. The SMILES string of the molecule is O=C(CNCc1ccccc1Cl)N1CCN(Cc2ccccc2)CC1. The fourth-order valence-corrected chi connectivity index (χ4v) is 3.26. The maximum Gasteiger partial charge on any atom is 0.236 e. The van der Waals surface area contributed by atoms with Crippen molar-refractivity contribution in [2.45, 2.75) is 13.1 Å². The molecule has 5 heteroatoms. The van der Waals surface area contributed by atoms with E-state index in [1.165, 1.54) is 5.56 Å². The second-order valence-electron chi connectivity index (χ2n) is 6.34. The van der Waals surface area contributed by atoms with E-state index in [4.69, 9.17) is 11.6 Å². The number of amides is 1. The molecule has 25 heavy (non-hydrogen) atoms. The van der Waals surface area contributed by atoms with Gasteiger partial charge in [0.25, 0.3) is 0 Å². The van der Waals surface area contributed by atoms with Crippen LogP contribution in [0.15, 0.2) is 54.6 Å². The molecule has 1 saturated heterocycles. The third-order valence-electron chi connectivity index (χ3n) is 4.52. The van der Waals surface area contributed by atoms with E-state index < -0.39 is 0 Å². The van der Waals surface area contributed by atoms with Gasteiger partial charge in [0.05, 0.1) is 6.54 Å². The lowest BCUT2D eigenvalue weighted by atomic mass is 10.2. The maximum absolute atomic E-state index is 12.4. The predicted octanol–water partition coefficient (Wildman–Crippen LogP) is 2.77. The normalized spacial score (nSPS) is 15.3. The van der Waals surface area contributed by atoms with E-state index in [1.807, 2.05) is 35.2 Å². The molecule has 1 heterocycles. The van der Waals surface area contributed by atoms with Crippen LogP contribution in [0.5, 0.6) is 0 Å². The van der Waals surface area contributed by atoms with E-state index in [-0.39, 0.29) is 5.91 Å². The highest BCUT2D eigenvalue weighted by atomic mass is 35.5. The van der Waals surface area contributed by atoms with E-state index in [9.17, 15) is 4.79 Å². The van der Waals surface area contributed by atoms with Gasteiger partial charge in [-0.2, -0.15) is 0 Å². The van der Waals surface area contributed by atoms with Crippen molar-refractivity contribution in [1.82, 2.24) is 15.1 Å². The number of nitrogens with one attached hydrogen (secondary N) is 1. The first-order valence-electron chi connectivity index (χ1n) is 8.70. The Hall–Kier alpha value is -1.88. The first-order valence-corrected chi connectivity index (χ1v) is 9.08. The first kappa shape index (κ1) is 17.9. The second kappa shape index (κ2) is 8.99. The Balaban J connectivity index is 1.39. The molecular formula is C20H24ClN3O. The molecule has 0 aromatic heterocycles. The quantitative estimate of drug-likeness (QED) is 0.863. The van der Waals surface area contributed by atoms with Crippen molar-refractivity contribution in [1.29, 1.82) is 0 Å². The molecule has 0 aliphatic carbocycles. The number of piperazine rings is 1. The number of carbonyl (C=O) groups is 1. The third kappa shape index (κ3) is 5.30. The molecule has 3 rings (SSSR count). The standard InChI is InChI=1S/C20H24ClN3O/c21-19-9-5-4-8-18(19)14-22-15-20(25)24-12-10-23(11-13-24)16-17-6-2-1-3-7-17/h1-9,22H,10-16H2. The third-order valence-corrected chi connectivity index (χ3v) is 4.89.